The minimum atomic E-state index is -0.250. The number of hydrogen-bond donors (Lipinski definition) is 3. The fourth-order valence-corrected chi connectivity index (χ4v) is 3.86. The second-order valence-electron chi connectivity index (χ2n) is 7.76. The van der Waals surface area contributed by atoms with Crippen LogP contribution in [0.1, 0.15) is 18.9 Å². The van der Waals surface area contributed by atoms with Crippen LogP contribution in [0.5, 0.6) is 5.75 Å². The number of nitrogens with one attached hydrogen (secondary N) is 1. The molecule has 1 saturated heterocycles. The molecule has 33 heavy (non-hydrogen) atoms. The van der Waals surface area contributed by atoms with Crippen molar-refractivity contribution in [1.29, 1.82) is 0 Å². The van der Waals surface area contributed by atoms with Gasteiger partial charge in [-0.05, 0) is 49.7 Å². The molecule has 0 atom stereocenters. The molecule has 170 valence electrons. The smallest absolute Gasteiger partial charge is 0.290 e. The summed E-state index contributed by atoms with van der Waals surface area (Å²) in [7, 11) is 1.86. The van der Waals surface area contributed by atoms with Gasteiger partial charge in [0.2, 0.25) is 0 Å². The quantitative estimate of drug-likeness (QED) is 0.407. The van der Waals surface area contributed by atoms with Crippen molar-refractivity contribution < 1.29 is 15.0 Å². The van der Waals surface area contributed by atoms with Gasteiger partial charge in [0.05, 0.1) is 18.4 Å². The number of carbonyl (C=O) groups is 1. The van der Waals surface area contributed by atoms with E-state index in [4.69, 9.17) is 9.90 Å². The minimum absolute atomic E-state index is 0.169. The van der Waals surface area contributed by atoms with Gasteiger partial charge in [-0.25, -0.2) is 9.97 Å². The first kappa shape index (κ1) is 22.2. The number of phenolic OH excluding ortho intramolecular Hbond substituents is 1. The van der Waals surface area contributed by atoms with Crippen molar-refractivity contribution in [3.63, 3.8) is 0 Å². The molecule has 0 aliphatic carbocycles. The summed E-state index contributed by atoms with van der Waals surface area (Å²) < 4.78 is 3.79. The summed E-state index contributed by atoms with van der Waals surface area (Å²) in [5.41, 5.74) is 4.48. The zero-order valence-electron chi connectivity index (χ0n) is 18.2. The first-order valence-electron chi connectivity index (χ1n) is 10.6. The third-order valence-electron chi connectivity index (χ3n) is 5.48. The Morgan fingerprint density at radius 1 is 0.909 bits per heavy atom. The van der Waals surface area contributed by atoms with Crippen molar-refractivity contribution in [2.45, 2.75) is 18.9 Å². The first-order valence-corrected chi connectivity index (χ1v) is 10.6. The topological polar surface area (TPSA) is 131 Å². The van der Waals surface area contributed by atoms with Crippen LogP contribution in [0.2, 0.25) is 0 Å². The van der Waals surface area contributed by atoms with E-state index < -0.39 is 0 Å². The lowest BCUT2D eigenvalue weighted by molar-refractivity contribution is -0.122. The maximum atomic E-state index is 10.2. The Hall–Kier alpha value is -4.05. The summed E-state index contributed by atoms with van der Waals surface area (Å²) >= 11 is 0. The summed E-state index contributed by atoms with van der Waals surface area (Å²) in [6.45, 7) is 1.81. The predicted molar refractivity (Wildman–Crippen MR) is 122 cm³/mol. The predicted octanol–water partition coefficient (Wildman–Crippen LogP) is 2.74. The maximum absolute atomic E-state index is 10.2. The fraction of sp³-hybridized carbons (Fsp3) is 0.261. The van der Waals surface area contributed by atoms with E-state index in [9.17, 15) is 5.11 Å². The van der Waals surface area contributed by atoms with Crippen molar-refractivity contribution in [2.24, 2.45) is 7.05 Å². The van der Waals surface area contributed by atoms with E-state index in [-0.39, 0.29) is 12.2 Å². The first-order chi connectivity index (χ1) is 16.1. The van der Waals surface area contributed by atoms with E-state index in [1.54, 1.807) is 35.4 Å². The SMILES string of the molecule is Cn1cc(-c2cc(O)cc(-c3ncc(-c4cnn(C5CCNCC5)c4)cn3)c2)cn1.O=CO. The molecule has 5 rings (SSSR count). The number of rotatable bonds is 4. The number of hydrogen-bond acceptors (Lipinski definition) is 7. The van der Waals surface area contributed by atoms with E-state index in [0.717, 1.165) is 53.7 Å². The number of aryl methyl sites for hydroxylation is 1. The summed E-state index contributed by atoms with van der Waals surface area (Å²) in [6.07, 6.45) is 13.4. The Labute approximate surface area is 190 Å². The Kier molecular flexibility index (Phi) is 6.75. The molecule has 1 aliphatic heterocycles. The highest BCUT2D eigenvalue weighted by atomic mass is 16.3. The summed E-state index contributed by atoms with van der Waals surface area (Å²) in [4.78, 5) is 17.4. The van der Waals surface area contributed by atoms with Gasteiger partial charge >= 0.3 is 0 Å². The second-order valence-corrected chi connectivity index (χ2v) is 7.76. The molecule has 3 aromatic heterocycles. The third kappa shape index (κ3) is 5.24. The number of aromatic nitrogens is 6. The highest BCUT2D eigenvalue weighted by molar-refractivity contribution is 5.72. The maximum Gasteiger partial charge on any atom is 0.290 e. The van der Waals surface area contributed by atoms with Gasteiger partial charge in [0.1, 0.15) is 5.75 Å². The summed E-state index contributed by atoms with van der Waals surface area (Å²) in [5.74, 6) is 0.729. The normalized spacial score (nSPS) is 13.8. The monoisotopic (exact) mass is 447 g/mol. The van der Waals surface area contributed by atoms with Gasteiger partial charge in [-0.1, -0.05) is 0 Å². The molecule has 3 N–H and O–H groups in total. The van der Waals surface area contributed by atoms with Crippen LogP contribution in [-0.4, -0.2) is 59.3 Å². The van der Waals surface area contributed by atoms with Gasteiger partial charge in [-0.2, -0.15) is 10.2 Å². The third-order valence-corrected chi connectivity index (χ3v) is 5.48. The molecule has 0 unspecified atom stereocenters. The molecule has 10 heteroatoms. The van der Waals surface area contributed by atoms with Crippen LogP contribution < -0.4 is 5.32 Å². The molecule has 4 heterocycles. The molecule has 1 aliphatic rings. The molecule has 1 aromatic carbocycles. The number of benzene rings is 1. The van der Waals surface area contributed by atoms with Crippen LogP contribution in [0.15, 0.2) is 55.4 Å². The van der Waals surface area contributed by atoms with Crippen molar-refractivity contribution in [2.75, 3.05) is 13.1 Å². The van der Waals surface area contributed by atoms with Gasteiger partial charge in [0.15, 0.2) is 5.82 Å². The van der Waals surface area contributed by atoms with Crippen LogP contribution in [0.25, 0.3) is 33.6 Å². The molecule has 4 aromatic rings. The van der Waals surface area contributed by atoms with E-state index in [2.05, 4.69) is 36.4 Å². The van der Waals surface area contributed by atoms with E-state index in [1.165, 1.54) is 0 Å². The average Bonchev–Trinajstić information content (AvgIpc) is 3.50. The van der Waals surface area contributed by atoms with Gasteiger partial charge in [-0.15, -0.1) is 0 Å². The Morgan fingerprint density at radius 2 is 1.55 bits per heavy atom. The van der Waals surface area contributed by atoms with Gasteiger partial charge in [-0.3, -0.25) is 14.2 Å². The molecule has 0 amide bonds. The molecule has 0 bridgehead atoms. The van der Waals surface area contributed by atoms with E-state index in [0.29, 0.717) is 11.9 Å². The van der Waals surface area contributed by atoms with Crippen LogP contribution in [0.4, 0.5) is 0 Å². The van der Waals surface area contributed by atoms with Crippen LogP contribution >= 0.6 is 0 Å². The highest BCUT2D eigenvalue weighted by Crippen LogP contribution is 2.30. The van der Waals surface area contributed by atoms with Crippen molar-refractivity contribution in [3.05, 3.63) is 55.4 Å². The molecule has 0 saturated carbocycles. The van der Waals surface area contributed by atoms with E-state index >= 15 is 0 Å². The van der Waals surface area contributed by atoms with Crippen molar-refractivity contribution in [3.8, 4) is 39.4 Å². The Bertz CT molecular complexity index is 1210. The zero-order chi connectivity index (χ0) is 23.2. The number of carboxylic acid groups (broad SMARTS) is 1. The van der Waals surface area contributed by atoms with Crippen molar-refractivity contribution in [1.82, 2.24) is 34.8 Å². The molecular formula is C23H25N7O3. The Balaban J connectivity index is 0.000000821. The second kappa shape index (κ2) is 10.0. The highest BCUT2D eigenvalue weighted by Gasteiger charge is 2.16. The Morgan fingerprint density at radius 3 is 2.21 bits per heavy atom. The van der Waals surface area contributed by atoms with Crippen molar-refractivity contribution >= 4 is 6.47 Å². The lowest BCUT2D eigenvalue weighted by atomic mass is 10.0. The summed E-state index contributed by atoms with van der Waals surface area (Å²) in [6, 6.07) is 5.79. The number of nitrogens with zero attached hydrogens (tertiary/aromatic N) is 6. The van der Waals surface area contributed by atoms with Gasteiger partial charge < -0.3 is 15.5 Å². The number of piperidine rings is 1. The molecule has 10 nitrogen and oxygen atoms in total. The van der Waals surface area contributed by atoms with Crippen LogP contribution in [0.3, 0.4) is 0 Å². The average molecular weight is 447 g/mol. The molecule has 1 fully saturated rings. The summed E-state index contributed by atoms with van der Waals surface area (Å²) in [5, 5.41) is 29.2. The zero-order valence-corrected chi connectivity index (χ0v) is 18.2. The number of aromatic hydroxyl groups is 1. The lowest BCUT2D eigenvalue weighted by Crippen LogP contribution is -2.29. The molecule has 0 spiro atoms. The lowest BCUT2D eigenvalue weighted by Gasteiger charge is -2.22. The van der Waals surface area contributed by atoms with Crippen LogP contribution in [-0.2, 0) is 11.8 Å². The van der Waals surface area contributed by atoms with E-state index in [1.807, 2.05) is 25.5 Å². The molecule has 0 radical (unpaired) electrons. The van der Waals surface area contributed by atoms with Gasteiger partial charge in [0, 0.05) is 54.1 Å². The standard InChI is InChI=1S/C22H23N7O.CH2O2/c1-28-13-18(11-26-28)15-6-16(8-21(30)7-15)22-24-9-17(10-25-22)19-12-27-29(14-19)20-2-4-23-5-3-20;2-1-3/h6-14,20,23,30H,2-5H2,1H3;1H,(H,2,3). The van der Waals surface area contributed by atoms with Gasteiger partial charge in [0.25, 0.3) is 6.47 Å². The van der Waals surface area contributed by atoms with Crippen LogP contribution in [0, 0.1) is 0 Å². The minimum Gasteiger partial charge on any atom is -0.508 e. The largest absolute Gasteiger partial charge is 0.508 e. The molecular weight excluding hydrogens is 422 g/mol. The number of phenols is 1. The fourth-order valence-electron chi connectivity index (χ4n) is 3.86.